The molecule has 1 atom stereocenters. The predicted octanol–water partition coefficient (Wildman–Crippen LogP) is 3.88. The van der Waals surface area contributed by atoms with Crippen molar-refractivity contribution < 1.29 is 14.2 Å². The third-order valence-electron chi connectivity index (χ3n) is 1.90. The van der Waals surface area contributed by atoms with Crippen LogP contribution in [0.4, 0.5) is 0 Å². The highest BCUT2D eigenvalue weighted by molar-refractivity contribution is 8.69. The molecule has 0 saturated heterocycles. The molecule has 0 N–H and O–H groups in total. The van der Waals surface area contributed by atoms with Gasteiger partial charge in [-0.3, -0.25) is 0 Å². The molecule has 0 rings (SSSR count). The summed E-state index contributed by atoms with van der Waals surface area (Å²) < 4.78 is 17.6. The lowest BCUT2D eigenvalue weighted by atomic mass is 10.3. The van der Waals surface area contributed by atoms with Crippen LogP contribution in [0, 0.1) is 0 Å². The number of hydrogen-bond acceptors (Lipinski definition) is 5. The lowest BCUT2D eigenvalue weighted by molar-refractivity contribution is -0.260. The summed E-state index contributed by atoms with van der Waals surface area (Å²) in [6.45, 7) is 13.8. The normalized spacial score (nSPS) is 15.0. The van der Waals surface area contributed by atoms with E-state index in [1.807, 2.05) is 48.5 Å². The standard InChI is InChI=1S/C12H26O3S2/c1-8(2)13-11(7)12(17-16,14-9(3)4)15-10(5)6/h8-11,16H,1-7H3. The van der Waals surface area contributed by atoms with E-state index >= 15 is 0 Å². The molecule has 0 spiro atoms. The van der Waals surface area contributed by atoms with Crippen molar-refractivity contribution in [3.63, 3.8) is 0 Å². The lowest BCUT2D eigenvalue weighted by Crippen LogP contribution is -2.47. The zero-order valence-electron chi connectivity index (χ0n) is 11.9. The largest absolute Gasteiger partial charge is 0.369 e. The lowest BCUT2D eigenvalue weighted by Gasteiger charge is -2.39. The van der Waals surface area contributed by atoms with Crippen LogP contribution in [0.25, 0.3) is 0 Å². The fourth-order valence-electron chi connectivity index (χ4n) is 1.49. The molecule has 0 aliphatic carbocycles. The fourth-order valence-corrected chi connectivity index (χ4v) is 2.86. The van der Waals surface area contributed by atoms with Gasteiger partial charge in [0, 0.05) is 0 Å². The van der Waals surface area contributed by atoms with Gasteiger partial charge in [-0.15, -0.1) is 11.7 Å². The number of thiol groups is 1. The molecule has 3 nitrogen and oxygen atoms in total. The molecule has 0 aromatic carbocycles. The molecule has 0 aromatic heterocycles. The van der Waals surface area contributed by atoms with E-state index in [-0.39, 0.29) is 24.4 Å². The van der Waals surface area contributed by atoms with Crippen LogP contribution in [-0.4, -0.2) is 29.5 Å². The van der Waals surface area contributed by atoms with Crippen molar-refractivity contribution in [3.8, 4) is 0 Å². The minimum absolute atomic E-state index is 0.0478. The number of hydrogen-bond donors (Lipinski definition) is 1. The van der Waals surface area contributed by atoms with Crippen LogP contribution in [0.5, 0.6) is 0 Å². The molecule has 0 bridgehead atoms. The van der Waals surface area contributed by atoms with E-state index in [4.69, 9.17) is 14.2 Å². The smallest absolute Gasteiger partial charge is 0.255 e. The highest BCUT2D eigenvalue weighted by Crippen LogP contribution is 2.38. The maximum absolute atomic E-state index is 5.90. The SMILES string of the molecule is CC(C)OC(C)C(OC(C)C)(OC(C)C)SS. The van der Waals surface area contributed by atoms with Crippen LogP contribution < -0.4 is 0 Å². The topological polar surface area (TPSA) is 27.7 Å². The molecule has 0 radical (unpaired) electrons. The van der Waals surface area contributed by atoms with Gasteiger partial charge in [0.2, 0.25) is 0 Å². The highest BCUT2D eigenvalue weighted by atomic mass is 33.1. The maximum Gasteiger partial charge on any atom is 0.255 e. The monoisotopic (exact) mass is 282 g/mol. The zero-order chi connectivity index (χ0) is 13.6. The third kappa shape index (κ3) is 6.34. The van der Waals surface area contributed by atoms with Crippen molar-refractivity contribution in [2.75, 3.05) is 0 Å². The predicted molar refractivity (Wildman–Crippen MR) is 77.4 cm³/mol. The summed E-state index contributed by atoms with van der Waals surface area (Å²) in [5.41, 5.74) is 0. The van der Waals surface area contributed by atoms with E-state index in [1.54, 1.807) is 0 Å². The Labute approximate surface area is 115 Å². The summed E-state index contributed by atoms with van der Waals surface area (Å²) >= 11 is 4.30. The maximum atomic E-state index is 5.90. The fraction of sp³-hybridized carbons (Fsp3) is 1.00. The molecule has 0 fully saturated rings. The van der Waals surface area contributed by atoms with E-state index in [1.165, 1.54) is 10.8 Å². The van der Waals surface area contributed by atoms with Gasteiger partial charge in [0.05, 0.1) is 18.3 Å². The van der Waals surface area contributed by atoms with Gasteiger partial charge in [-0.05, 0) is 59.3 Å². The Hall–Kier alpha value is 0.580. The Morgan fingerprint density at radius 3 is 1.47 bits per heavy atom. The molecule has 0 amide bonds. The van der Waals surface area contributed by atoms with Gasteiger partial charge in [-0.2, -0.15) is 0 Å². The average molecular weight is 282 g/mol. The van der Waals surface area contributed by atoms with Crippen LogP contribution in [0.15, 0.2) is 0 Å². The van der Waals surface area contributed by atoms with Crippen molar-refractivity contribution in [1.29, 1.82) is 0 Å². The number of ether oxygens (including phenoxy) is 3. The molecule has 0 aliphatic rings. The Morgan fingerprint density at radius 2 is 1.24 bits per heavy atom. The summed E-state index contributed by atoms with van der Waals surface area (Å²) in [5.74, 6) is 0. The molecule has 17 heavy (non-hydrogen) atoms. The van der Waals surface area contributed by atoms with Gasteiger partial charge in [0.25, 0.3) is 5.12 Å². The van der Waals surface area contributed by atoms with Crippen LogP contribution in [-0.2, 0) is 14.2 Å². The molecule has 1 unspecified atom stereocenters. The van der Waals surface area contributed by atoms with Crippen LogP contribution in [0.2, 0.25) is 0 Å². The van der Waals surface area contributed by atoms with Crippen LogP contribution in [0.1, 0.15) is 48.5 Å². The Balaban J connectivity index is 4.88. The summed E-state index contributed by atoms with van der Waals surface area (Å²) in [7, 11) is 1.25. The minimum Gasteiger partial charge on any atom is -0.369 e. The molecule has 0 heterocycles. The van der Waals surface area contributed by atoms with Gasteiger partial charge in [-0.1, -0.05) is 0 Å². The Morgan fingerprint density at radius 1 is 0.824 bits per heavy atom. The van der Waals surface area contributed by atoms with Crippen LogP contribution in [0.3, 0.4) is 0 Å². The highest BCUT2D eigenvalue weighted by Gasteiger charge is 2.42. The van der Waals surface area contributed by atoms with Gasteiger partial charge in [0.1, 0.15) is 6.10 Å². The van der Waals surface area contributed by atoms with Crippen LogP contribution >= 0.6 is 22.5 Å². The van der Waals surface area contributed by atoms with E-state index < -0.39 is 5.12 Å². The van der Waals surface area contributed by atoms with Crippen molar-refractivity contribution >= 4 is 22.5 Å². The number of rotatable bonds is 8. The molecular weight excluding hydrogens is 256 g/mol. The quantitative estimate of drug-likeness (QED) is 0.415. The van der Waals surface area contributed by atoms with E-state index in [0.29, 0.717) is 0 Å². The summed E-state index contributed by atoms with van der Waals surface area (Å²) in [5, 5.41) is -0.865. The first-order valence-electron chi connectivity index (χ1n) is 6.07. The summed E-state index contributed by atoms with van der Waals surface area (Å²) in [6, 6.07) is 0. The first-order chi connectivity index (χ1) is 7.73. The molecule has 0 aliphatic heterocycles. The zero-order valence-corrected chi connectivity index (χ0v) is 13.6. The molecule has 104 valence electrons. The summed E-state index contributed by atoms with van der Waals surface area (Å²) in [4.78, 5) is 0. The molecule has 0 aromatic rings. The Kier molecular flexibility index (Phi) is 8.16. The van der Waals surface area contributed by atoms with Gasteiger partial charge in [-0.25, -0.2) is 0 Å². The second-order valence-corrected chi connectivity index (χ2v) is 6.15. The second kappa shape index (κ2) is 7.89. The van der Waals surface area contributed by atoms with Crippen molar-refractivity contribution in [2.45, 2.75) is 78.0 Å². The Bertz CT molecular complexity index is 198. The van der Waals surface area contributed by atoms with Crippen molar-refractivity contribution in [2.24, 2.45) is 0 Å². The van der Waals surface area contributed by atoms with Crippen molar-refractivity contribution in [1.82, 2.24) is 0 Å². The van der Waals surface area contributed by atoms with E-state index in [9.17, 15) is 0 Å². The summed E-state index contributed by atoms with van der Waals surface area (Å²) in [6.07, 6.45) is 0.0180. The van der Waals surface area contributed by atoms with Gasteiger partial charge in [0.15, 0.2) is 0 Å². The second-order valence-electron chi connectivity index (χ2n) is 4.86. The first kappa shape index (κ1) is 17.6. The van der Waals surface area contributed by atoms with Gasteiger partial charge >= 0.3 is 0 Å². The third-order valence-corrected chi connectivity index (χ3v) is 3.44. The first-order valence-corrected chi connectivity index (χ1v) is 7.94. The molecule has 5 heteroatoms. The van der Waals surface area contributed by atoms with E-state index in [2.05, 4.69) is 11.7 Å². The molecular formula is C12H26O3S2. The van der Waals surface area contributed by atoms with Gasteiger partial charge < -0.3 is 14.2 Å². The molecule has 0 saturated carbocycles. The van der Waals surface area contributed by atoms with Crippen molar-refractivity contribution in [3.05, 3.63) is 0 Å². The average Bonchev–Trinajstić information content (AvgIpc) is 2.13. The van der Waals surface area contributed by atoms with E-state index in [0.717, 1.165) is 0 Å². The minimum atomic E-state index is -0.865.